The number of aromatic nitrogens is 3. The fraction of sp³-hybridized carbons (Fsp3) is 0.348. The Morgan fingerprint density at radius 2 is 1.97 bits per heavy atom. The van der Waals surface area contributed by atoms with E-state index in [1.807, 2.05) is 0 Å². The van der Waals surface area contributed by atoms with E-state index in [-0.39, 0.29) is 24.2 Å². The highest BCUT2D eigenvalue weighted by Gasteiger charge is 2.66. The normalized spacial score (nSPS) is 24.3. The van der Waals surface area contributed by atoms with Crippen LogP contribution in [0, 0.1) is 36.2 Å². The van der Waals surface area contributed by atoms with Crippen molar-refractivity contribution >= 4 is 17.6 Å². The van der Waals surface area contributed by atoms with Gasteiger partial charge in [0.05, 0.1) is 23.0 Å². The highest BCUT2D eigenvalue weighted by atomic mass is 32.2. The van der Waals surface area contributed by atoms with E-state index in [0.29, 0.717) is 33.5 Å². The Morgan fingerprint density at radius 3 is 2.72 bits per heavy atom. The van der Waals surface area contributed by atoms with Gasteiger partial charge >= 0.3 is 0 Å². The fourth-order valence-corrected chi connectivity index (χ4v) is 5.90. The molecular formula is C23H22F3N5S. The van der Waals surface area contributed by atoms with Crippen LogP contribution in [0.25, 0.3) is 0 Å². The molecule has 2 aromatic heterocycles. The first-order chi connectivity index (χ1) is 15.4. The third-order valence-electron chi connectivity index (χ3n) is 6.78. The summed E-state index contributed by atoms with van der Waals surface area (Å²) in [5.41, 5.74) is 6.28. The average molecular weight is 458 g/mol. The maximum absolute atomic E-state index is 14.5. The van der Waals surface area contributed by atoms with E-state index < -0.39 is 17.0 Å². The van der Waals surface area contributed by atoms with E-state index in [1.165, 1.54) is 23.9 Å². The molecule has 3 atom stereocenters. The Balaban J connectivity index is 1.32. The Kier molecular flexibility index (Phi) is 5.33. The highest BCUT2D eigenvalue weighted by molar-refractivity contribution is 7.99. The SMILES string of the molecule is Cc1nccc(Sc2cnc(N3CC[C@@H]4[C@H](C3)[C@@]4(CN)c3cc(F)ccc3F)cn2)c1F. The summed E-state index contributed by atoms with van der Waals surface area (Å²) in [6.07, 6.45) is 5.67. The molecule has 2 fully saturated rings. The van der Waals surface area contributed by atoms with E-state index >= 15 is 0 Å². The lowest BCUT2D eigenvalue weighted by molar-refractivity contribution is 0.523. The smallest absolute Gasteiger partial charge is 0.158 e. The van der Waals surface area contributed by atoms with Gasteiger partial charge in [0, 0.05) is 31.2 Å². The number of fused-ring (bicyclic) bond motifs is 1. The van der Waals surface area contributed by atoms with E-state index in [4.69, 9.17) is 5.73 Å². The van der Waals surface area contributed by atoms with Crippen molar-refractivity contribution in [1.29, 1.82) is 0 Å². The van der Waals surface area contributed by atoms with Crippen LogP contribution in [-0.4, -0.2) is 34.6 Å². The fourth-order valence-electron chi connectivity index (χ4n) is 5.09. The Bertz CT molecular complexity index is 1160. The second kappa shape index (κ2) is 8.04. The number of halogens is 3. The van der Waals surface area contributed by atoms with Crippen LogP contribution >= 0.6 is 11.8 Å². The minimum Gasteiger partial charge on any atom is -0.355 e. The number of nitrogens with two attached hydrogens (primary N) is 1. The molecule has 1 aliphatic carbocycles. The number of aryl methyl sites for hydroxylation is 1. The summed E-state index contributed by atoms with van der Waals surface area (Å²) >= 11 is 1.20. The minimum absolute atomic E-state index is 0.127. The van der Waals surface area contributed by atoms with Crippen molar-refractivity contribution in [2.24, 2.45) is 17.6 Å². The molecule has 1 aromatic carbocycles. The summed E-state index contributed by atoms with van der Waals surface area (Å²) in [6.45, 7) is 3.28. The Morgan fingerprint density at radius 1 is 1.12 bits per heavy atom. The van der Waals surface area contributed by atoms with Gasteiger partial charge in [-0.05, 0) is 55.0 Å². The van der Waals surface area contributed by atoms with Gasteiger partial charge in [-0.15, -0.1) is 0 Å². The van der Waals surface area contributed by atoms with Crippen LogP contribution in [0.4, 0.5) is 19.0 Å². The second-order valence-corrected chi connectivity index (χ2v) is 9.40. The maximum atomic E-state index is 14.5. The molecule has 9 heteroatoms. The van der Waals surface area contributed by atoms with Crippen LogP contribution < -0.4 is 10.6 Å². The van der Waals surface area contributed by atoms with Gasteiger partial charge in [-0.1, -0.05) is 11.8 Å². The minimum atomic E-state index is -0.541. The van der Waals surface area contributed by atoms with Crippen LogP contribution in [0.15, 0.2) is 52.8 Å². The summed E-state index contributed by atoms with van der Waals surface area (Å²) in [5.74, 6) is -0.159. The first kappa shape index (κ1) is 21.2. The number of nitrogens with zero attached hydrogens (tertiary/aromatic N) is 4. The van der Waals surface area contributed by atoms with Gasteiger partial charge in [-0.2, -0.15) is 0 Å². The van der Waals surface area contributed by atoms with Crippen LogP contribution in [0.5, 0.6) is 0 Å². The number of anilines is 1. The zero-order chi connectivity index (χ0) is 22.5. The molecular weight excluding hydrogens is 435 g/mol. The molecule has 5 nitrogen and oxygen atoms in total. The van der Waals surface area contributed by atoms with E-state index in [9.17, 15) is 13.2 Å². The number of benzene rings is 1. The van der Waals surface area contributed by atoms with Gasteiger partial charge in [-0.3, -0.25) is 4.98 Å². The monoisotopic (exact) mass is 457 g/mol. The van der Waals surface area contributed by atoms with Crippen LogP contribution in [-0.2, 0) is 5.41 Å². The number of rotatable bonds is 5. The molecule has 2 N–H and O–H groups in total. The zero-order valence-corrected chi connectivity index (χ0v) is 18.2. The molecule has 1 saturated heterocycles. The molecule has 32 heavy (non-hydrogen) atoms. The standard InChI is InChI=1S/C23H22F3N5S/c1-13-22(26)19(4-6-28-13)32-21-10-29-20(9-30-21)31-7-5-15-17(11-31)23(15,12-27)16-8-14(24)2-3-18(16)25/h2-4,6,8-10,15,17H,5,7,11-12,27H2,1H3/t15-,17+,23-/m1/s1. The van der Waals surface area contributed by atoms with E-state index in [0.717, 1.165) is 19.0 Å². The number of hydrogen-bond donors (Lipinski definition) is 1. The largest absolute Gasteiger partial charge is 0.355 e. The molecule has 1 saturated carbocycles. The molecule has 2 aliphatic rings. The molecule has 0 unspecified atom stereocenters. The lowest BCUT2D eigenvalue weighted by Crippen LogP contribution is -2.32. The topological polar surface area (TPSA) is 67.9 Å². The molecule has 0 radical (unpaired) electrons. The molecule has 5 rings (SSSR count). The summed E-state index contributed by atoms with van der Waals surface area (Å²) in [4.78, 5) is 15.4. The quantitative estimate of drug-likeness (QED) is 0.622. The van der Waals surface area contributed by atoms with Crippen molar-refractivity contribution in [3.8, 4) is 0 Å². The van der Waals surface area contributed by atoms with Gasteiger partial charge in [-0.25, -0.2) is 23.1 Å². The number of piperidine rings is 1. The van der Waals surface area contributed by atoms with Crippen molar-refractivity contribution in [3.05, 3.63) is 71.6 Å². The Labute approximate surface area is 188 Å². The average Bonchev–Trinajstić information content (AvgIpc) is 3.46. The predicted molar refractivity (Wildman–Crippen MR) is 116 cm³/mol. The highest BCUT2D eigenvalue weighted by Crippen LogP contribution is 2.63. The van der Waals surface area contributed by atoms with Crippen molar-refractivity contribution < 1.29 is 13.2 Å². The molecule has 0 amide bonds. The lowest BCUT2D eigenvalue weighted by atomic mass is 9.90. The third kappa shape index (κ3) is 3.44. The van der Waals surface area contributed by atoms with Crippen LogP contribution in [0.3, 0.4) is 0 Å². The maximum Gasteiger partial charge on any atom is 0.158 e. The van der Waals surface area contributed by atoms with Crippen molar-refractivity contribution in [2.75, 3.05) is 24.5 Å². The van der Waals surface area contributed by atoms with Gasteiger partial charge in [0.15, 0.2) is 5.82 Å². The zero-order valence-electron chi connectivity index (χ0n) is 17.4. The molecule has 0 spiro atoms. The van der Waals surface area contributed by atoms with Crippen LogP contribution in [0.2, 0.25) is 0 Å². The first-order valence-electron chi connectivity index (χ1n) is 10.5. The molecule has 0 bridgehead atoms. The Hall–Kier alpha value is -2.65. The van der Waals surface area contributed by atoms with Crippen molar-refractivity contribution in [2.45, 2.75) is 28.7 Å². The molecule has 1 aliphatic heterocycles. The molecule has 166 valence electrons. The summed E-state index contributed by atoms with van der Waals surface area (Å²) in [7, 11) is 0. The summed E-state index contributed by atoms with van der Waals surface area (Å²) < 4.78 is 42.6. The van der Waals surface area contributed by atoms with Gasteiger partial charge in [0.25, 0.3) is 0 Å². The van der Waals surface area contributed by atoms with Gasteiger partial charge in [0.1, 0.15) is 22.5 Å². The third-order valence-corrected chi connectivity index (χ3v) is 7.73. The number of pyridine rings is 1. The first-order valence-corrected chi connectivity index (χ1v) is 11.3. The second-order valence-electron chi connectivity index (χ2n) is 8.34. The number of hydrogen-bond acceptors (Lipinski definition) is 6. The summed E-state index contributed by atoms with van der Waals surface area (Å²) in [6, 6.07) is 5.21. The van der Waals surface area contributed by atoms with E-state index in [2.05, 4.69) is 19.9 Å². The summed E-state index contributed by atoms with van der Waals surface area (Å²) in [5, 5.41) is 0.581. The van der Waals surface area contributed by atoms with Gasteiger partial charge in [0.2, 0.25) is 0 Å². The lowest BCUT2D eigenvalue weighted by Gasteiger charge is -2.27. The van der Waals surface area contributed by atoms with E-state index in [1.54, 1.807) is 31.6 Å². The van der Waals surface area contributed by atoms with Crippen molar-refractivity contribution in [3.63, 3.8) is 0 Å². The van der Waals surface area contributed by atoms with Crippen LogP contribution in [0.1, 0.15) is 17.7 Å². The van der Waals surface area contributed by atoms with Gasteiger partial charge < -0.3 is 10.6 Å². The molecule has 3 heterocycles. The van der Waals surface area contributed by atoms with Crippen molar-refractivity contribution in [1.82, 2.24) is 15.0 Å². The predicted octanol–water partition coefficient (Wildman–Crippen LogP) is 4.10. The molecule has 3 aromatic rings.